The van der Waals surface area contributed by atoms with Crippen LogP contribution in [0.1, 0.15) is 27.9 Å². The van der Waals surface area contributed by atoms with Crippen LogP contribution in [0, 0.1) is 12.7 Å². The van der Waals surface area contributed by atoms with E-state index in [2.05, 4.69) is 0 Å². The van der Waals surface area contributed by atoms with Crippen molar-refractivity contribution in [2.75, 3.05) is 13.1 Å². The molecule has 0 saturated carbocycles. The fraction of sp³-hybridized carbons (Fsp3) is 0.263. The van der Waals surface area contributed by atoms with Gasteiger partial charge in [0.05, 0.1) is 6.42 Å². The molecule has 1 aliphatic heterocycles. The third-order valence-electron chi connectivity index (χ3n) is 4.20. The number of carbonyl (C=O) groups excluding carboxylic acids is 2. The summed E-state index contributed by atoms with van der Waals surface area (Å²) in [5.41, 5.74) is 2.23. The van der Waals surface area contributed by atoms with Gasteiger partial charge in [-0.15, -0.1) is 0 Å². The highest BCUT2D eigenvalue weighted by Gasteiger charge is 2.31. The van der Waals surface area contributed by atoms with Crippen LogP contribution in [0.2, 0.25) is 0 Å². The Labute approximate surface area is 140 Å². The van der Waals surface area contributed by atoms with E-state index >= 15 is 0 Å². The summed E-state index contributed by atoms with van der Waals surface area (Å²) in [6.07, 6.45) is 0.907. The Morgan fingerprint density at radius 3 is 2.38 bits per heavy atom. The molecule has 1 heterocycles. The van der Waals surface area contributed by atoms with E-state index in [0.717, 1.165) is 17.5 Å². The topological polar surface area (TPSA) is 40.6 Å². The van der Waals surface area contributed by atoms with Gasteiger partial charge in [-0.3, -0.25) is 14.6 Å². The number of halogens is 1. The molecular weight excluding hydrogens is 307 g/mol. The van der Waals surface area contributed by atoms with E-state index in [-0.39, 0.29) is 24.1 Å². The molecule has 0 aliphatic carbocycles. The van der Waals surface area contributed by atoms with Crippen molar-refractivity contribution >= 4 is 11.8 Å². The first kappa shape index (κ1) is 16.2. The third kappa shape index (κ3) is 3.30. The molecular formula is C19H19FN2O2. The zero-order valence-electron chi connectivity index (χ0n) is 13.5. The SMILES string of the molecule is Cc1ccccc1C(=O)N1CCCN1C(=O)Cc1ccc(F)cc1. The van der Waals surface area contributed by atoms with Crippen LogP contribution in [-0.4, -0.2) is 34.9 Å². The molecule has 0 aromatic heterocycles. The summed E-state index contributed by atoms with van der Waals surface area (Å²) in [6.45, 7) is 2.94. The number of hydrazine groups is 1. The van der Waals surface area contributed by atoms with Crippen LogP contribution in [0.15, 0.2) is 48.5 Å². The lowest BCUT2D eigenvalue weighted by Crippen LogP contribution is -2.45. The molecule has 1 aliphatic rings. The number of carbonyl (C=O) groups is 2. The third-order valence-corrected chi connectivity index (χ3v) is 4.20. The van der Waals surface area contributed by atoms with Crippen molar-refractivity contribution in [3.63, 3.8) is 0 Å². The fourth-order valence-electron chi connectivity index (χ4n) is 2.90. The molecule has 0 N–H and O–H groups in total. The van der Waals surface area contributed by atoms with Crippen LogP contribution in [0.4, 0.5) is 4.39 Å². The van der Waals surface area contributed by atoms with Gasteiger partial charge < -0.3 is 0 Å². The summed E-state index contributed by atoms with van der Waals surface area (Å²) in [4.78, 5) is 25.3. The van der Waals surface area contributed by atoms with Crippen molar-refractivity contribution in [2.24, 2.45) is 0 Å². The first-order valence-corrected chi connectivity index (χ1v) is 7.98. The summed E-state index contributed by atoms with van der Waals surface area (Å²) < 4.78 is 13.0. The Morgan fingerprint density at radius 2 is 1.67 bits per heavy atom. The molecule has 2 amide bonds. The lowest BCUT2D eigenvalue weighted by molar-refractivity contribution is -0.139. The first-order chi connectivity index (χ1) is 11.6. The number of hydrogen-bond acceptors (Lipinski definition) is 2. The van der Waals surface area contributed by atoms with E-state index in [1.165, 1.54) is 22.2 Å². The predicted octanol–water partition coefficient (Wildman–Crippen LogP) is 2.97. The average molecular weight is 326 g/mol. The maximum Gasteiger partial charge on any atom is 0.272 e. The van der Waals surface area contributed by atoms with E-state index in [1.807, 2.05) is 25.1 Å². The second-order valence-electron chi connectivity index (χ2n) is 5.92. The summed E-state index contributed by atoms with van der Waals surface area (Å²) in [5.74, 6) is -0.636. The standard InChI is InChI=1S/C19H19FN2O2/c1-14-5-2-3-6-17(14)19(24)22-12-4-11-21(22)18(23)13-15-7-9-16(20)10-8-15/h2-3,5-10H,4,11-13H2,1H3. The minimum Gasteiger partial charge on any atom is -0.273 e. The van der Waals surface area contributed by atoms with Gasteiger partial charge in [0.25, 0.3) is 5.91 Å². The number of aryl methyl sites for hydroxylation is 1. The molecule has 0 spiro atoms. The van der Waals surface area contributed by atoms with Crippen LogP contribution < -0.4 is 0 Å². The molecule has 3 rings (SSSR count). The molecule has 1 saturated heterocycles. The summed E-state index contributed by atoms with van der Waals surface area (Å²) >= 11 is 0. The maximum absolute atomic E-state index is 13.0. The van der Waals surface area contributed by atoms with Crippen LogP contribution in [-0.2, 0) is 11.2 Å². The second-order valence-corrected chi connectivity index (χ2v) is 5.92. The van der Waals surface area contributed by atoms with Gasteiger partial charge in [-0.1, -0.05) is 30.3 Å². The minimum atomic E-state index is -0.330. The van der Waals surface area contributed by atoms with Crippen molar-refractivity contribution in [3.8, 4) is 0 Å². The number of amides is 2. The Kier molecular flexibility index (Phi) is 4.60. The molecule has 4 nitrogen and oxygen atoms in total. The first-order valence-electron chi connectivity index (χ1n) is 7.98. The quantitative estimate of drug-likeness (QED) is 0.870. The number of hydrogen-bond donors (Lipinski definition) is 0. The van der Waals surface area contributed by atoms with Gasteiger partial charge in [-0.05, 0) is 42.7 Å². The number of rotatable bonds is 3. The van der Waals surface area contributed by atoms with Crippen molar-refractivity contribution in [1.29, 1.82) is 0 Å². The van der Waals surface area contributed by atoms with Gasteiger partial charge in [0, 0.05) is 18.7 Å². The summed E-state index contributed by atoms with van der Waals surface area (Å²) in [6, 6.07) is 13.2. The number of nitrogens with zero attached hydrogens (tertiary/aromatic N) is 2. The Bertz CT molecular complexity index is 758. The molecule has 1 fully saturated rings. The fourth-order valence-corrected chi connectivity index (χ4v) is 2.90. The average Bonchev–Trinajstić information content (AvgIpc) is 3.06. The largest absolute Gasteiger partial charge is 0.273 e. The smallest absolute Gasteiger partial charge is 0.272 e. The van der Waals surface area contributed by atoms with Gasteiger partial charge in [-0.25, -0.2) is 9.40 Å². The van der Waals surface area contributed by atoms with E-state index in [9.17, 15) is 14.0 Å². The second kappa shape index (κ2) is 6.83. The van der Waals surface area contributed by atoms with Crippen molar-refractivity contribution in [1.82, 2.24) is 10.0 Å². The molecule has 24 heavy (non-hydrogen) atoms. The normalized spacial score (nSPS) is 14.1. The minimum absolute atomic E-state index is 0.151. The number of benzene rings is 2. The van der Waals surface area contributed by atoms with Crippen LogP contribution in [0.25, 0.3) is 0 Å². The van der Waals surface area contributed by atoms with Gasteiger partial charge in [0.1, 0.15) is 5.82 Å². The highest BCUT2D eigenvalue weighted by molar-refractivity contribution is 5.97. The van der Waals surface area contributed by atoms with Gasteiger partial charge in [-0.2, -0.15) is 0 Å². The highest BCUT2D eigenvalue weighted by Crippen LogP contribution is 2.19. The lowest BCUT2D eigenvalue weighted by atomic mass is 10.1. The van der Waals surface area contributed by atoms with E-state index < -0.39 is 0 Å². The van der Waals surface area contributed by atoms with E-state index in [1.54, 1.807) is 18.2 Å². The molecule has 0 unspecified atom stereocenters. The monoisotopic (exact) mass is 326 g/mol. The Morgan fingerprint density at radius 1 is 1.00 bits per heavy atom. The zero-order chi connectivity index (χ0) is 17.1. The predicted molar refractivity (Wildman–Crippen MR) is 88.6 cm³/mol. The molecule has 2 aromatic carbocycles. The summed E-state index contributed by atoms with van der Waals surface area (Å²) in [5, 5.41) is 3.03. The van der Waals surface area contributed by atoms with E-state index in [4.69, 9.17) is 0 Å². The van der Waals surface area contributed by atoms with Crippen LogP contribution >= 0.6 is 0 Å². The zero-order valence-corrected chi connectivity index (χ0v) is 13.5. The van der Waals surface area contributed by atoms with E-state index in [0.29, 0.717) is 18.7 Å². The molecule has 0 bridgehead atoms. The Balaban J connectivity index is 1.75. The molecule has 0 radical (unpaired) electrons. The van der Waals surface area contributed by atoms with Gasteiger partial charge in [0.15, 0.2) is 0 Å². The molecule has 2 aromatic rings. The van der Waals surface area contributed by atoms with Crippen molar-refractivity contribution in [2.45, 2.75) is 19.8 Å². The van der Waals surface area contributed by atoms with Crippen LogP contribution in [0.5, 0.6) is 0 Å². The van der Waals surface area contributed by atoms with Crippen LogP contribution in [0.3, 0.4) is 0 Å². The van der Waals surface area contributed by atoms with Gasteiger partial charge in [0.2, 0.25) is 5.91 Å². The maximum atomic E-state index is 13.0. The molecule has 124 valence electrons. The summed E-state index contributed by atoms with van der Waals surface area (Å²) in [7, 11) is 0. The molecule has 0 atom stereocenters. The molecule has 5 heteroatoms. The van der Waals surface area contributed by atoms with Crippen molar-refractivity contribution < 1.29 is 14.0 Å². The Hall–Kier alpha value is -2.69. The van der Waals surface area contributed by atoms with Crippen molar-refractivity contribution in [3.05, 3.63) is 71.0 Å². The van der Waals surface area contributed by atoms with Gasteiger partial charge >= 0.3 is 0 Å². The lowest BCUT2D eigenvalue weighted by Gasteiger charge is -2.28. The highest BCUT2D eigenvalue weighted by atomic mass is 19.1.